The van der Waals surface area contributed by atoms with Gasteiger partial charge in [-0.1, -0.05) is 29.3 Å². The number of ether oxygens (including phenoxy) is 1. The smallest absolute Gasteiger partial charge is 0.265 e. The summed E-state index contributed by atoms with van der Waals surface area (Å²) in [6.07, 6.45) is -0.581. The van der Waals surface area contributed by atoms with E-state index in [-0.39, 0.29) is 5.91 Å². The molecule has 0 aliphatic heterocycles. The van der Waals surface area contributed by atoms with Crippen molar-refractivity contribution in [3.8, 4) is 5.75 Å². The molecule has 2 aromatic carbocycles. The lowest BCUT2D eigenvalue weighted by Crippen LogP contribution is -2.30. The van der Waals surface area contributed by atoms with Crippen LogP contribution in [0.25, 0.3) is 0 Å². The molecule has 0 aliphatic carbocycles. The minimum absolute atomic E-state index is 0.194. The van der Waals surface area contributed by atoms with Crippen molar-refractivity contribution >= 4 is 23.2 Å². The van der Waals surface area contributed by atoms with Gasteiger partial charge in [-0.15, -0.1) is 0 Å². The number of hydrogen-bond donors (Lipinski definition) is 1. The Morgan fingerprint density at radius 2 is 1.81 bits per heavy atom. The van der Waals surface area contributed by atoms with Crippen molar-refractivity contribution in [1.29, 1.82) is 0 Å². The highest BCUT2D eigenvalue weighted by atomic mass is 35.5. The minimum Gasteiger partial charge on any atom is -0.481 e. The zero-order chi connectivity index (χ0) is 15.4. The van der Waals surface area contributed by atoms with E-state index in [1.54, 1.807) is 19.1 Å². The molecule has 1 atom stereocenters. The van der Waals surface area contributed by atoms with Crippen LogP contribution in [0.1, 0.15) is 18.1 Å². The van der Waals surface area contributed by atoms with Crippen LogP contribution in [-0.2, 0) is 4.79 Å². The van der Waals surface area contributed by atoms with Crippen LogP contribution < -0.4 is 10.1 Å². The highest BCUT2D eigenvalue weighted by Crippen LogP contribution is 2.20. The second-order valence-corrected chi connectivity index (χ2v) is 5.46. The summed E-state index contributed by atoms with van der Waals surface area (Å²) in [5.74, 6) is 0.483. The van der Waals surface area contributed by atoms with Gasteiger partial charge in [0.25, 0.3) is 5.91 Å². The van der Waals surface area contributed by atoms with Crippen molar-refractivity contribution in [2.24, 2.45) is 0 Å². The third-order valence-corrected chi connectivity index (χ3v) is 3.38. The van der Waals surface area contributed by atoms with Crippen molar-refractivity contribution in [3.63, 3.8) is 0 Å². The number of carbonyl (C=O) groups excluding carboxylic acids is 1. The molecule has 0 saturated heterocycles. The molecule has 0 aromatic heterocycles. The largest absolute Gasteiger partial charge is 0.481 e. The molecule has 0 saturated carbocycles. The second-order valence-electron chi connectivity index (χ2n) is 5.02. The van der Waals surface area contributed by atoms with Crippen molar-refractivity contribution in [1.82, 2.24) is 0 Å². The molecule has 110 valence electrons. The number of hydrogen-bond acceptors (Lipinski definition) is 2. The fourth-order valence-corrected chi connectivity index (χ4v) is 2.10. The molecule has 1 N–H and O–H groups in total. The molecule has 4 heteroatoms. The summed E-state index contributed by atoms with van der Waals surface area (Å²) in [5.41, 5.74) is 2.80. The summed E-state index contributed by atoms with van der Waals surface area (Å²) >= 11 is 5.90. The van der Waals surface area contributed by atoms with E-state index in [9.17, 15) is 4.79 Å². The number of rotatable bonds is 4. The van der Waals surface area contributed by atoms with Gasteiger partial charge in [-0.05, 0) is 56.7 Å². The quantitative estimate of drug-likeness (QED) is 0.911. The van der Waals surface area contributed by atoms with Crippen molar-refractivity contribution in [2.45, 2.75) is 26.9 Å². The standard InChI is InChI=1S/C17H18ClNO2/c1-11-4-7-15(8-5-11)21-13(3)17(20)19-16-9-6-14(18)10-12(16)2/h4-10,13H,1-3H3,(H,19,20)/t13-/m0/s1. The van der Waals surface area contributed by atoms with Crippen LogP contribution in [0.2, 0.25) is 5.02 Å². The average molecular weight is 304 g/mol. The lowest BCUT2D eigenvalue weighted by atomic mass is 10.2. The normalized spacial score (nSPS) is 11.8. The summed E-state index contributed by atoms with van der Waals surface area (Å²) in [6, 6.07) is 12.9. The molecule has 0 heterocycles. The Labute approximate surface area is 129 Å². The summed E-state index contributed by atoms with van der Waals surface area (Å²) in [5, 5.41) is 3.49. The molecule has 2 rings (SSSR count). The fraction of sp³-hybridized carbons (Fsp3) is 0.235. The second kappa shape index (κ2) is 6.64. The number of amides is 1. The molecule has 1 amide bonds. The Morgan fingerprint density at radius 1 is 1.14 bits per heavy atom. The molecule has 0 bridgehead atoms. The highest BCUT2D eigenvalue weighted by molar-refractivity contribution is 6.30. The highest BCUT2D eigenvalue weighted by Gasteiger charge is 2.15. The first kappa shape index (κ1) is 15.4. The van der Waals surface area contributed by atoms with Crippen LogP contribution in [0.15, 0.2) is 42.5 Å². The van der Waals surface area contributed by atoms with Crippen molar-refractivity contribution in [2.75, 3.05) is 5.32 Å². The van der Waals surface area contributed by atoms with Crippen molar-refractivity contribution in [3.05, 3.63) is 58.6 Å². The van der Waals surface area contributed by atoms with Gasteiger partial charge in [0.15, 0.2) is 6.10 Å². The number of anilines is 1. The molecule has 0 unspecified atom stereocenters. The lowest BCUT2D eigenvalue weighted by molar-refractivity contribution is -0.122. The van der Waals surface area contributed by atoms with Crippen LogP contribution in [0.4, 0.5) is 5.69 Å². The van der Waals surface area contributed by atoms with Gasteiger partial charge in [-0.2, -0.15) is 0 Å². The first-order chi connectivity index (χ1) is 9.95. The number of nitrogens with one attached hydrogen (secondary N) is 1. The van der Waals surface area contributed by atoms with Crippen molar-refractivity contribution < 1.29 is 9.53 Å². The maximum Gasteiger partial charge on any atom is 0.265 e. The van der Waals surface area contributed by atoms with Crippen LogP contribution in [0.5, 0.6) is 5.75 Å². The number of aryl methyl sites for hydroxylation is 2. The number of halogens is 1. The number of carbonyl (C=O) groups is 1. The molecule has 0 aliphatic rings. The number of benzene rings is 2. The SMILES string of the molecule is Cc1ccc(O[C@@H](C)C(=O)Nc2ccc(Cl)cc2C)cc1. The zero-order valence-corrected chi connectivity index (χ0v) is 13.1. The van der Waals surface area contributed by atoms with Gasteiger partial charge in [-0.3, -0.25) is 4.79 Å². The molecule has 0 fully saturated rings. The molecule has 21 heavy (non-hydrogen) atoms. The molecule has 2 aromatic rings. The fourth-order valence-electron chi connectivity index (χ4n) is 1.88. The van der Waals surface area contributed by atoms with E-state index in [1.165, 1.54) is 0 Å². The Morgan fingerprint density at radius 3 is 2.43 bits per heavy atom. The summed E-state index contributed by atoms with van der Waals surface area (Å²) in [6.45, 7) is 5.62. The van der Waals surface area contributed by atoms with E-state index < -0.39 is 6.10 Å². The third kappa shape index (κ3) is 4.23. The summed E-state index contributed by atoms with van der Waals surface area (Å²) in [7, 11) is 0. The molecular formula is C17H18ClNO2. The van der Waals surface area contributed by atoms with Gasteiger partial charge in [0, 0.05) is 10.7 Å². The molecular weight excluding hydrogens is 286 g/mol. The van der Waals surface area contributed by atoms with E-state index in [0.29, 0.717) is 10.8 Å². The van der Waals surface area contributed by atoms with E-state index in [1.807, 2.05) is 44.2 Å². The summed E-state index contributed by atoms with van der Waals surface area (Å²) < 4.78 is 5.63. The third-order valence-electron chi connectivity index (χ3n) is 3.15. The van der Waals surface area contributed by atoms with E-state index >= 15 is 0 Å². The first-order valence-corrected chi connectivity index (χ1v) is 7.14. The average Bonchev–Trinajstić information content (AvgIpc) is 2.44. The van der Waals surface area contributed by atoms with E-state index in [4.69, 9.17) is 16.3 Å². The topological polar surface area (TPSA) is 38.3 Å². The minimum atomic E-state index is -0.581. The van der Waals surface area contributed by atoms with Gasteiger partial charge in [0.2, 0.25) is 0 Å². The van der Waals surface area contributed by atoms with Crippen LogP contribution >= 0.6 is 11.6 Å². The molecule has 0 radical (unpaired) electrons. The lowest BCUT2D eigenvalue weighted by Gasteiger charge is -2.16. The van der Waals surface area contributed by atoms with Crippen LogP contribution in [0.3, 0.4) is 0 Å². The monoisotopic (exact) mass is 303 g/mol. The molecule has 3 nitrogen and oxygen atoms in total. The maximum absolute atomic E-state index is 12.2. The van der Waals surface area contributed by atoms with Crippen LogP contribution in [0, 0.1) is 13.8 Å². The zero-order valence-electron chi connectivity index (χ0n) is 12.3. The van der Waals surface area contributed by atoms with Gasteiger partial charge < -0.3 is 10.1 Å². The van der Waals surface area contributed by atoms with Gasteiger partial charge >= 0.3 is 0 Å². The maximum atomic E-state index is 12.2. The van der Waals surface area contributed by atoms with E-state index in [0.717, 1.165) is 16.8 Å². The Bertz CT molecular complexity index is 638. The van der Waals surface area contributed by atoms with E-state index in [2.05, 4.69) is 5.32 Å². The Hall–Kier alpha value is -2.00. The predicted octanol–water partition coefficient (Wildman–Crippen LogP) is 4.36. The molecule has 0 spiro atoms. The first-order valence-electron chi connectivity index (χ1n) is 6.76. The Kier molecular flexibility index (Phi) is 4.86. The van der Waals surface area contributed by atoms with Gasteiger partial charge in [-0.25, -0.2) is 0 Å². The summed E-state index contributed by atoms with van der Waals surface area (Å²) in [4.78, 5) is 12.2. The van der Waals surface area contributed by atoms with Gasteiger partial charge in [0.05, 0.1) is 0 Å². The van der Waals surface area contributed by atoms with Crippen LogP contribution in [-0.4, -0.2) is 12.0 Å². The van der Waals surface area contributed by atoms with Gasteiger partial charge in [0.1, 0.15) is 5.75 Å². The predicted molar refractivity (Wildman–Crippen MR) is 86.1 cm³/mol. The Balaban J connectivity index is 2.00.